The molecule has 106 valence electrons. The zero-order valence-electron chi connectivity index (χ0n) is 11.8. The standard InChI is InChI=1S/C17H14BrNO2/c1-11-4-3-5-12(8-11)15(10-19)17(20)14-9-13(21-2)6-7-16(14)18/h3-9,15H,1-2H3. The summed E-state index contributed by atoms with van der Waals surface area (Å²) in [4.78, 5) is 12.7. The first-order valence-electron chi connectivity index (χ1n) is 6.40. The third-order valence-corrected chi connectivity index (χ3v) is 3.90. The zero-order chi connectivity index (χ0) is 15.4. The molecule has 0 aromatic heterocycles. The van der Waals surface area contributed by atoms with Crippen LogP contribution < -0.4 is 4.74 Å². The van der Waals surface area contributed by atoms with Crippen molar-refractivity contribution in [2.45, 2.75) is 12.8 Å². The fourth-order valence-corrected chi connectivity index (χ4v) is 2.55. The highest BCUT2D eigenvalue weighted by Crippen LogP contribution is 2.28. The maximum Gasteiger partial charge on any atom is 0.185 e. The Labute approximate surface area is 132 Å². The number of methoxy groups -OCH3 is 1. The second-order valence-corrected chi connectivity index (χ2v) is 5.54. The molecule has 0 radical (unpaired) electrons. The van der Waals surface area contributed by atoms with Gasteiger partial charge in [0.2, 0.25) is 0 Å². The van der Waals surface area contributed by atoms with Crippen LogP contribution in [-0.4, -0.2) is 12.9 Å². The lowest BCUT2D eigenvalue weighted by Crippen LogP contribution is -2.12. The Bertz CT molecular complexity index is 719. The second-order valence-electron chi connectivity index (χ2n) is 4.69. The van der Waals surface area contributed by atoms with E-state index >= 15 is 0 Å². The van der Waals surface area contributed by atoms with Gasteiger partial charge in [0.25, 0.3) is 0 Å². The van der Waals surface area contributed by atoms with Crippen LogP contribution in [0.1, 0.15) is 27.4 Å². The largest absolute Gasteiger partial charge is 0.497 e. The summed E-state index contributed by atoms with van der Waals surface area (Å²) in [6, 6.07) is 14.7. The van der Waals surface area contributed by atoms with Crippen molar-refractivity contribution >= 4 is 21.7 Å². The molecule has 0 amide bonds. The molecule has 1 atom stereocenters. The van der Waals surface area contributed by atoms with E-state index in [1.807, 2.05) is 25.1 Å². The summed E-state index contributed by atoms with van der Waals surface area (Å²) in [6.45, 7) is 1.93. The number of nitrogens with zero attached hydrogens (tertiary/aromatic N) is 1. The fraction of sp³-hybridized carbons (Fsp3) is 0.176. The van der Waals surface area contributed by atoms with Crippen LogP contribution in [0.2, 0.25) is 0 Å². The van der Waals surface area contributed by atoms with Crippen molar-refractivity contribution in [3.63, 3.8) is 0 Å². The van der Waals surface area contributed by atoms with Gasteiger partial charge in [-0.25, -0.2) is 0 Å². The number of hydrogen-bond acceptors (Lipinski definition) is 3. The number of nitriles is 1. The lowest BCUT2D eigenvalue weighted by molar-refractivity contribution is 0.0978. The van der Waals surface area contributed by atoms with E-state index in [-0.39, 0.29) is 5.78 Å². The highest BCUT2D eigenvalue weighted by Gasteiger charge is 2.24. The van der Waals surface area contributed by atoms with E-state index < -0.39 is 5.92 Å². The average Bonchev–Trinajstić information content (AvgIpc) is 2.48. The van der Waals surface area contributed by atoms with Crippen LogP contribution in [0.15, 0.2) is 46.9 Å². The van der Waals surface area contributed by atoms with Gasteiger partial charge in [0.05, 0.1) is 13.2 Å². The van der Waals surface area contributed by atoms with Crippen molar-refractivity contribution in [3.8, 4) is 11.8 Å². The minimum atomic E-state index is -0.826. The molecule has 0 N–H and O–H groups in total. The summed E-state index contributed by atoms with van der Waals surface area (Å²) in [6.07, 6.45) is 0. The highest BCUT2D eigenvalue weighted by molar-refractivity contribution is 9.10. The molecule has 2 rings (SSSR count). The number of halogens is 1. The molecule has 21 heavy (non-hydrogen) atoms. The van der Waals surface area contributed by atoms with Crippen LogP contribution >= 0.6 is 15.9 Å². The van der Waals surface area contributed by atoms with Crippen molar-refractivity contribution in [2.75, 3.05) is 7.11 Å². The minimum Gasteiger partial charge on any atom is -0.497 e. The maximum absolute atomic E-state index is 12.7. The monoisotopic (exact) mass is 343 g/mol. The van der Waals surface area contributed by atoms with Crippen molar-refractivity contribution in [2.24, 2.45) is 0 Å². The van der Waals surface area contributed by atoms with Crippen molar-refractivity contribution in [1.29, 1.82) is 5.26 Å². The SMILES string of the molecule is COc1ccc(Br)c(C(=O)C(C#N)c2cccc(C)c2)c1. The van der Waals surface area contributed by atoms with Crippen LogP contribution in [0.4, 0.5) is 0 Å². The Kier molecular flexibility index (Phi) is 4.77. The summed E-state index contributed by atoms with van der Waals surface area (Å²) in [5.41, 5.74) is 2.17. The number of hydrogen-bond donors (Lipinski definition) is 0. The molecular weight excluding hydrogens is 330 g/mol. The van der Waals surface area contributed by atoms with Gasteiger partial charge in [-0.1, -0.05) is 45.8 Å². The first-order valence-corrected chi connectivity index (χ1v) is 7.20. The summed E-state index contributed by atoms with van der Waals surface area (Å²) < 4.78 is 5.80. The van der Waals surface area contributed by atoms with Crippen molar-refractivity contribution < 1.29 is 9.53 Å². The van der Waals surface area contributed by atoms with E-state index in [0.29, 0.717) is 21.3 Å². The molecule has 0 fully saturated rings. The topological polar surface area (TPSA) is 50.1 Å². The smallest absolute Gasteiger partial charge is 0.185 e. The lowest BCUT2D eigenvalue weighted by Gasteiger charge is -2.12. The summed E-state index contributed by atoms with van der Waals surface area (Å²) in [5.74, 6) is -0.482. The molecule has 0 aliphatic carbocycles. The number of carbonyl (C=O) groups excluding carboxylic acids is 1. The first-order chi connectivity index (χ1) is 10.1. The Hall–Kier alpha value is -2.12. The molecule has 1 unspecified atom stereocenters. The predicted molar refractivity (Wildman–Crippen MR) is 84.6 cm³/mol. The third kappa shape index (κ3) is 3.32. The van der Waals surface area contributed by atoms with E-state index in [0.717, 1.165) is 5.56 Å². The molecule has 3 nitrogen and oxygen atoms in total. The van der Waals surface area contributed by atoms with Crippen molar-refractivity contribution in [3.05, 3.63) is 63.6 Å². The third-order valence-electron chi connectivity index (χ3n) is 3.21. The molecule has 4 heteroatoms. The van der Waals surface area contributed by atoms with Crippen molar-refractivity contribution in [1.82, 2.24) is 0 Å². The van der Waals surface area contributed by atoms with Gasteiger partial charge < -0.3 is 4.74 Å². The van der Waals surface area contributed by atoms with Crippen LogP contribution in [0.5, 0.6) is 5.75 Å². The molecule has 0 spiro atoms. The molecule has 0 aliphatic rings. The van der Waals surface area contributed by atoms with E-state index in [1.165, 1.54) is 0 Å². The van der Waals surface area contributed by atoms with Gasteiger partial charge in [-0.05, 0) is 30.7 Å². The van der Waals surface area contributed by atoms with E-state index in [2.05, 4.69) is 22.0 Å². The van der Waals surface area contributed by atoms with Gasteiger partial charge in [0.15, 0.2) is 5.78 Å². The molecule has 0 aliphatic heterocycles. The maximum atomic E-state index is 12.7. The van der Waals surface area contributed by atoms with Crippen LogP contribution in [-0.2, 0) is 0 Å². The Morgan fingerprint density at radius 3 is 2.67 bits per heavy atom. The van der Waals surface area contributed by atoms with Gasteiger partial charge in [0.1, 0.15) is 11.7 Å². The van der Waals surface area contributed by atoms with E-state index in [4.69, 9.17) is 4.74 Å². The number of rotatable bonds is 4. The molecule has 0 saturated heterocycles. The van der Waals surface area contributed by atoms with E-state index in [1.54, 1.807) is 31.4 Å². The zero-order valence-corrected chi connectivity index (χ0v) is 13.3. The number of carbonyl (C=O) groups is 1. The van der Waals surface area contributed by atoms with Gasteiger partial charge >= 0.3 is 0 Å². The Morgan fingerprint density at radius 1 is 1.29 bits per heavy atom. The fourth-order valence-electron chi connectivity index (χ4n) is 2.11. The number of ketones is 1. The molecule has 2 aromatic carbocycles. The number of Topliss-reactive ketones (excluding diaryl/α,β-unsaturated/α-hetero) is 1. The lowest BCUT2D eigenvalue weighted by atomic mass is 9.91. The quantitative estimate of drug-likeness (QED) is 0.779. The van der Waals surface area contributed by atoms with Gasteiger partial charge in [0, 0.05) is 10.0 Å². The Balaban J connectivity index is 2.44. The molecule has 0 bridgehead atoms. The minimum absolute atomic E-state index is 0.242. The number of ether oxygens (including phenoxy) is 1. The van der Waals surface area contributed by atoms with Gasteiger partial charge in [-0.15, -0.1) is 0 Å². The molecule has 0 heterocycles. The summed E-state index contributed by atoms with van der Waals surface area (Å²) >= 11 is 3.36. The number of aryl methyl sites for hydroxylation is 1. The highest BCUT2D eigenvalue weighted by atomic mass is 79.9. The van der Waals surface area contributed by atoms with Crippen LogP contribution in [0, 0.1) is 18.3 Å². The Morgan fingerprint density at radius 2 is 2.05 bits per heavy atom. The van der Waals surface area contributed by atoms with Gasteiger partial charge in [-0.2, -0.15) is 5.26 Å². The molecular formula is C17H14BrNO2. The average molecular weight is 344 g/mol. The number of benzene rings is 2. The molecule has 2 aromatic rings. The van der Waals surface area contributed by atoms with Crippen LogP contribution in [0.25, 0.3) is 0 Å². The summed E-state index contributed by atoms with van der Waals surface area (Å²) in [7, 11) is 1.54. The van der Waals surface area contributed by atoms with E-state index in [9.17, 15) is 10.1 Å². The summed E-state index contributed by atoms with van der Waals surface area (Å²) in [5, 5.41) is 9.40. The van der Waals surface area contributed by atoms with Gasteiger partial charge in [-0.3, -0.25) is 4.79 Å². The van der Waals surface area contributed by atoms with Crippen LogP contribution in [0.3, 0.4) is 0 Å². The second kappa shape index (κ2) is 6.55. The normalized spacial score (nSPS) is 11.5. The molecule has 0 saturated carbocycles. The predicted octanol–water partition coefficient (Wildman–Crippen LogP) is 4.26. The first kappa shape index (κ1) is 15.3.